The second-order valence-electron chi connectivity index (χ2n) is 5.10. The molecule has 6 heteroatoms. The summed E-state index contributed by atoms with van der Waals surface area (Å²) in [6.07, 6.45) is 0.113. The third kappa shape index (κ3) is 4.62. The largest absolute Gasteiger partial charge is 0.330 e. The van der Waals surface area contributed by atoms with Gasteiger partial charge in [-0.2, -0.15) is 0 Å². The van der Waals surface area contributed by atoms with E-state index in [-0.39, 0.29) is 30.5 Å². The summed E-state index contributed by atoms with van der Waals surface area (Å²) < 4.78 is 13.4. The van der Waals surface area contributed by atoms with Crippen LogP contribution in [0.3, 0.4) is 0 Å². The van der Waals surface area contributed by atoms with Gasteiger partial charge in [-0.05, 0) is 37.3 Å². The highest BCUT2D eigenvalue weighted by molar-refractivity contribution is 6.07. The van der Waals surface area contributed by atoms with Crippen molar-refractivity contribution in [3.05, 3.63) is 59.4 Å². The molecule has 5 nitrogen and oxygen atoms in total. The molecular weight excluding hydrogens is 297 g/mol. The molecule has 4 N–H and O–H groups in total. The monoisotopic (exact) mass is 315 g/mol. The van der Waals surface area contributed by atoms with Crippen molar-refractivity contribution < 1.29 is 14.0 Å². The van der Waals surface area contributed by atoms with Gasteiger partial charge in [-0.15, -0.1) is 0 Å². The summed E-state index contributed by atoms with van der Waals surface area (Å²) in [5, 5.41) is 5.21. The quantitative estimate of drug-likeness (QED) is 0.793. The Kier molecular flexibility index (Phi) is 5.43. The van der Waals surface area contributed by atoms with E-state index in [1.54, 1.807) is 12.1 Å². The Hall–Kier alpha value is -2.73. The van der Waals surface area contributed by atoms with Gasteiger partial charge >= 0.3 is 0 Å². The molecule has 2 amide bonds. The van der Waals surface area contributed by atoms with Crippen molar-refractivity contribution in [2.75, 3.05) is 17.2 Å². The number of benzene rings is 2. The molecule has 2 rings (SSSR count). The Morgan fingerprint density at radius 1 is 1.04 bits per heavy atom. The number of hydrogen-bond acceptors (Lipinski definition) is 3. The van der Waals surface area contributed by atoms with Gasteiger partial charge in [0.1, 0.15) is 5.82 Å². The Morgan fingerprint density at radius 3 is 2.39 bits per heavy atom. The number of nitrogens with two attached hydrogens (primary N) is 1. The van der Waals surface area contributed by atoms with Crippen molar-refractivity contribution in [1.82, 2.24) is 0 Å². The molecule has 0 atom stereocenters. The van der Waals surface area contributed by atoms with Crippen molar-refractivity contribution in [2.24, 2.45) is 5.73 Å². The maximum Gasteiger partial charge on any atom is 0.255 e. The van der Waals surface area contributed by atoms with Crippen molar-refractivity contribution in [3.63, 3.8) is 0 Å². The number of anilines is 2. The Morgan fingerprint density at radius 2 is 1.74 bits per heavy atom. The minimum Gasteiger partial charge on any atom is -0.330 e. The number of carbonyl (C=O) groups is 2. The van der Waals surface area contributed by atoms with Gasteiger partial charge in [0.15, 0.2) is 0 Å². The third-order valence-corrected chi connectivity index (χ3v) is 3.19. The second kappa shape index (κ2) is 7.51. The van der Waals surface area contributed by atoms with Crippen LogP contribution in [0.15, 0.2) is 42.5 Å². The SMILES string of the molecule is Cc1ccc(C(=O)Nc2ccc(F)cc2NC(=O)CCN)cc1. The number of aryl methyl sites for hydroxylation is 1. The Bertz CT molecular complexity index is 714. The lowest BCUT2D eigenvalue weighted by Gasteiger charge is -2.12. The molecule has 0 bridgehead atoms. The van der Waals surface area contributed by atoms with Gasteiger partial charge in [-0.1, -0.05) is 17.7 Å². The zero-order chi connectivity index (χ0) is 16.8. The molecule has 0 aliphatic rings. The molecule has 0 aliphatic carbocycles. The number of halogens is 1. The number of hydrogen-bond donors (Lipinski definition) is 3. The van der Waals surface area contributed by atoms with Gasteiger partial charge in [0.25, 0.3) is 5.91 Å². The molecule has 2 aromatic rings. The first-order valence-corrected chi connectivity index (χ1v) is 7.17. The van der Waals surface area contributed by atoms with Crippen molar-refractivity contribution >= 4 is 23.2 Å². The second-order valence-corrected chi connectivity index (χ2v) is 5.10. The van der Waals surface area contributed by atoms with E-state index in [9.17, 15) is 14.0 Å². The maximum atomic E-state index is 13.4. The van der Waals surface area contributed by atoms with E-state index < -0.39 is 5.82 Å². The third-order valence-electron chi connectivity index (χ3n) is 3.19. The molecule has 0 radical (unpaired) electrons. The minimum absolute atomic E-state index is 0.113. The van der Waals surface area contributed by atoms with Crippen LogP contribution in [0, 0.1) is 12.7 Å². The van der Waals surface area contributed by atoms with Crippen LogP contribution in [0.5, 0.6) is 0 Å². The van der Waals surface area contributed by atoms with E-state index in [0.29, 0.717) is 11.3 Å². The fourth-order valence-electron chi connectivity index (χ4n) is 1.97. The molecule has 23 heavy (non-hydrogen) atoms. The van der Waals surface area contributed by atoms with Crippen LogP contribution in [-0.4, -0.2) is 18.4 Å². The predicted octanol–water partition coefficient (Wildman–Crippen LogP) is 2.67. The molecular formula is C17H18FN3O2. The van der Waals surface area contributed by atoms with Gasteiger partial charge in [0, 0.05) is 18.5 Å². The number of amides is 2. The molecule has 2 aromatic carbocycles. The summed E-state index contributed by atoms with van der Waals surface area (Å²) in [4.78, 5) is 23.9. The summed E-state index contributed by atoms with van der Waals surface area (Å²) in [5.74, 6) is -1.20. The first-order valence-electron chi connectivity index (χ1n) is 7.17. The highest BCUT2D eigenvalue weighted by Gasteiger charge is 2.12. The van der Waals surface area contributed by atoms with Gasteiger partial charge in [-0.25, -0.2) is 4.39 Å². The van der Waals surface area contributed by atoms with Crippen LogP contribution in [0.2, 0.25) is 0 Å². The van der Waals surface area contributed by atoms with Gasteiger partial charge in [0.05, 0.1) is 11.4 Å². The molecule has 120 valence electrons. The fraction of sp³-hybridized carbons (Fsp3) is 0.176. The van der Waals surface area contributed by atoms with E-state index in [0.717, 1.165) is 11.6 Å². The van der Waals surface area contributed by atoms with E-state index in [2.05, 4.69) is 10.6 Å². The molecule has 0 heterocycles. The lowest BCUT2D eigenvalue weighted by molar-refractivity contribution is -0.116. The van der Waals surface area contributed by atoms with Gasteiger partial charge < -0.3 is 16.4 Å². The summed E-state index contributed by atoms with van der Waals surface area (Å²) >= 11 is 0. The van der Waals surface area contributed by atoms with Crippen LogP contribution in [0.1, 0.15) is 22.3 Å². The zero-order valence-corrected chi connectivity index (χ0v) is 12.7. The highest BCUT2D eigenvalue weighted by atomic mass is 19.1. The topological polar surface area (TPSA) is 84.2 Å². The van der Waals surface area contributed by atoms with Crippen LogP contribution in [0.4, 0.5) is 15.8 Å². The van der Waals surface area contributed by atoms with Crippen molar-refractivity contribution in [3.8, 4) is 0 Å². The number of nitrogens with one attached hydrogen (secondary N) is 2. The molecule has 0 spiro atoms. The smallest absolute Gasteiger partial charge is 0.255 e. The Balaban J connectivity index is 2.19. The van der Waals surface area contributed by atoms with Gasteiger partial charge in [-0.3, -0.25) is 9.59 Å². The van der Waals surface area contributed by atoms with Crippen LogP contribution in [0.25, 0.3) is 0 Å². The predicted molar refractivity (Wildman–Crippen MR) is 87.8 cm³/mol. The molecule has 0 saturated carbocycles. The lowest BCUT2D eigenvalue weighted by Crippen LogP contribution is -2.19. The summed E-state index contributed by atoms with van der Waals surface area (Å²) in [6.45, 7) is 2.11. The van der Waals surface area contributed by atoms with Crippen molar-refractivity contribution in [2.45, 2.75) is 13.3 Å². The minimum atomic E-state index is -0.513. The van der Waals surface area contributed by atoms with Crippen molar-refractivity contribution in [1.29, 1.82) is 0 Å². The maximum absolute atomic E-state index is 13.4. The standard InChI is InChI=1S/C17H18FN3O2/c1-11-2-4-12(5-3-11)17(23)21-14-7-6-13(18)10-15(14)20-16(22)8-9-19/h2-7,10H,8-9,19H2,1H3,(H,20,22)(H,21,23). The average molecular weight is 315 g/mol. The van der Waals surface area contributed by atoms with E-state index in [1.807, 2.05) is 19.1 Å². The molecule has 0 aliphatic heterocycles. The Labute approximate surface area is 133 Å². The van der Waals surface area contributed by atoms with Crippen LogP contribution < -0.4 is 16.4 Å². The first kappa shape index (κ1) is 16.6. The number of carbonyl (C=O) groups excluding carboxylic acids is 2. The lowest BCUT2D eigenvalue weighted by atomic mass is 10.1. The van der Waals surface area contributed by atoms with Crippen LogP contribution in [-0.2, 0) is 4.79 Å². The highest BCUT2D eigenvalue weighted by Crippen LogP contribution is 2.23. The average Bonchev–Trinajstić information content (AvgIpc) is 2.50. The van der Waals surface area contributed by atoms with E-state index in [1.165, 1.54) is 12.1 Å². The first-order chi connectivity index (χ1) is 11.0. The molecule has 0 fully saturated rings. The molecule has 0 aromatic heterocycles. The summed E-state index contributed by atoms with van der Waals surface area (Å²) in [6, 6.07) is 10.8. The number of rotatable bonds is 5. The zero-order valence-electron chi connectivity index (χ0n) is 12.7. The fourth-order valence-corrected chi connectivity index (χ4v) is 1.97. The molecule has 0 unspecified atom stereocenters. The molecule has 0 saturated heterocycles. The normalized spacial score (nSPS) is 10.2. The summed E-state index contributed by atoms with van der Waals surface area (Å²) in [5.41, 5.74) is 7.35. The summed E-state index contributed by atoms with van der Waals surface area (Å²) in [7, 11) is 0. The van der Waals surface area contributed by atoms with Gasteiger partial charge in [0.2, 0.25) is 5.91 Å². The van der Waals surface area contributed by atoms with E-state index >= 15 is 0 Å². The van der Waals surface area contributed by atoms with Crippen LogP contribution >= 0.6 is 0 Å². The van der Waals surface area contributed by atoms with E-state index in [4.69, 9.17) is 5.73 Å².